The summed E-state index contributed by atoms with van der Waals surface area (Å²) in [5, 5.41) is 8.80. The van der Waals surface area contributed by atoms with Crippen LogP contribution in [-0.4, -0.2) is 26.1 Å². The molecular formula is C11H13ClO5S. The van der Waals surface area contributed by atoms with E-state index in [1.165, 1.54) is 12.1 Å². The fraction of sp³-hybridized carbons (Fsp3) is 0.364. The minimum Gasteiger partial charge on any atom is -0.492 e. The van der Waals surface area contributed by atoms with E-state index in [4.69, 9.17) is 20.5 Å². The van der Waals surface area contributed by atoms with Crippen LogP contribution in [0.2, 0.25) is 0 Å². The Morgan fingerprint density at radius 2 is 2.11 bits per heavy atom. The molecule has 0 aliphatic heterocycles. The van der Waals surface area contributed by atoms with Crippen LogP contribution in [-0.2, 0) is 9.05 Å². The molecular weight excluding hydrogens is 280 g/mol. The van der Waals surface area contributed by atoms with Crippen molar-refractivity contribution in [1.82, 2.24) is 0 Å². The Kier molecular flexibility index (Phi) is 4.98. The second-order valence-electron chi connectivity index (χ2n) is 3.61. The number of carboxylic acids is 1. The molecule has 1 aromatic rings. The summed E-state index contributed by atoms with van der Waals surface area (Å²) in [6, 6.07) is 3.56. The van der Waals surface area contributed by atoms with E-state index < -0.39 is 15.0 Å². The number of halogens is 1. The van der Waals surface area contributed by atoms with E-state index in [0.717, 1.165) is 18.9 Å². The zero-order chi connectivity index (χ0) is 13.8. The highest BCUT2D eigenvalue weighted by molar-refractivity contribution is 8.13. The fourth-order valence-corrected chi connectivity index (χ4v) is 2.27. The third kappa shape index (κ3) is 3.89. The molecule has 100 valence electrons. The van der Waals surface area contributed by atoms with E-state index in [1.807, 2.05) is 6.92 Å². The molecule has 1 N–H and O–H groups in total. The highest BCUT2D eigenvalue weighted by atomic mass is 35.7. The monoisotopic (exact) mass is 292 g/mol. The number of benzene rings is 1. The predicted octanol–water partition coefficient (Wildman–Crippen LogP) is 2.49. The second kappa shape index (κ2) is 6.06. The lowest BCUT2D eigenvalue weighted by Gasteiger charge is -2.09. The highest BCUT2D eigenvalue weighted by Gasteiger charge is 2.19. The van der Waals surface area contributed by atoms with Gasteiger partial charge >= 0.3 is 5.97 Å². The first kappa shape index (κ1) is 14.8. The maximum Gasteiger partial charge on any atom is 0.335 e. The van der Waals surface area contributed by atoms with Crippen LogP contribution in [0.5, 0.6) is 5.75 Å². The first-order valence-electron chi connectivity index (χ1n) is 5.31. The van der Waals surface area contributed by atoms with Crippen molar-refractivity contribution < 1.29 is 23.1 Å². The Hall–Kier alpha value is -1.27. The molecule has 0 aromatic heterocycles. The van der Waals surface area contributed by atoms with Crippen molar-refractivity contribution in [2.45, 2.75) is 24.7 Å². The van der Waals surface area contributed by atoms with Crippen LogP contribution in [0.4, 0.5) is 0 Å². The van der Waals surface area contributed by atoms with Crippen molar-refractivity contribution in [3.63, 3.8) is 0 Å². The van der Waals surface area contributed by atoms with Gasteiger partial charge in [-0.05, 0) is 24.6 Å². The average Bonchev–Trinajstić information content (AvgIpc) is 2.28. The van der Waals surface area contributed by atoms with Crippen molar-refractivity contribution in [3.05, 3.63) is 23.8 Å². The maximum atomic E-state index is 11.4. The number of aromatic carboxylic acids is 1. The third-order valence-corrected chi connectivity index (χ3v) is 3.55. The molecule has 18 heavy (non-hydrogen) atoms. The number of hydrogen-bond acceptors (Lipinski definition) is 4. The van der Waals surface area contributed by atoms with Crippen molar-refractivity contribution in [1.29, 1.82) is 0 Å². The molecule has 0 aliphatic carbocycles. The summed E-state index contributed by atoms with van der Waals surface area (Å²) >= 11 is 0. The van der Waals surface area contributed by atoms with Crippen molar-refractivity contribution >= 4 is 25.7 Å². The van der Waals surface area contributed by atoms with Gasteiger partial charge in [0.1, 0.15) is 10.6 Å². The van der Waals surface area contributed by atoms with Gasteiger partial charge in [0.25, 0.3) is 9.05 Å². The molecule has 0 bridgehead atoms. The lowest BCUT2D eigenvalue weighted by molar-refractivity contribution is 0.0696. The van der Waals surface area contributed by atoms with Crippen molar-refractivity contribution in [2.75, 3.05) is 6.61 Å². The Balaban J connectivity index is 3.14. The van der Waals surface area contributed by atoms with Gasteiger partial charge < -0.3 is 9.84 Å². The van der Waals surface area contributed by atoms with Gasteiger partial charge in [-0.3, -0.25) is 0 Å². The predicted molar refractivity (Wildman–Crippen MR) is 66.8 cm³/mol. The molecule has 0 radical (unpaired) electrons. The van der Waals surface area contributed by atoms with Gasteiger partial charge in [-0.25, -0.2) is 13.2 Å². The summed E-state index contributed by atoms with van der Waals surface area (Å²) in [6.07, 6.45) is 1.67. The zero-order valence-corrected chi connectivity index (χ0v) is 11.3. The van der Waals surface area contributed by atoms with E-state index in [-0.39, 0.29) is 16.2 Å². The van der Waals surface area contributed by atoms with Crippen LogP contribution in [0.25, 0.3) is 0 Å². The Labute approximate surface area is 110 Å². The fourth-order valence-electron chi connectivity index (χ4n) is 1.28. The summed E-state index contributed by atoms with van der Waals surface area (Å²) in [6.45, 7) is 2.32. The molecule has 0 atom stereocenters. The molecule has 0 saturated heterocycles. The summed E-state index contributed by atoms with van der Waals surface area (Å²) in [5.41, 5.74) is -0.155. The van der Waals surface area contributed by atoms with E-state index in [0.29, 0.717) is 6.61 Å². The van der Waals surface area contributed by atoms with Gasteiger partial charge in [0, 0.05) is 10.7 Å². The van der Waals surface area contributed by atoms with Crippen LogP contribution in [0.3, 0.4) is 0 Å². The largest absolute Gasteiger partial charge is 0.492 e. The maximum absolute atomic E-state index is 11.4. The van der Waals surface area contributed by atoms with Gasteiger partial charge in [0.15, 0.2) is 0 Å². The van der Waals surface area contributed by atoms with Gasteiger partial charge in [-0.15, -0.1) is 0 Å². The Bertz CT molecular complexity index is 538. The first-order chi connectivity index (χ1) is 8.36. The standard InChI is InChI=1S/C11H13ClO5S/c1-2-3-6-17-9-5-4-8(11(13)14)7-10(9)18(12,15)16/h4-5,7H,2-3,6H2,1H3,(H,13,14). The van der Waals surface area contributed by atoms with Gasteiger partial charge in [0.05, 0.1) is 12.2 Å². The molecule has 0 fully saturated rings. The van der Waals surface area contributed by atoms with Gasteiger partial charge in [-0.1, -0.05) is 13.3 Å². The number of carboxylic acid groups (broad SMARTS) is 1. The molecule has 0 heterocycles. The number of rotatable bonds is 6. The van der Waals surface area contributed by atoms with Crippen LogP contribution >= 0.6 is 10.7 Å². The normalized spacial score (nSPS) is 11.2. The SMILES string of the molecule is CCCCOc1ccc(C(=O)O)cc1S(=O)(=O)Cl. The molecule has 0 unspecified atom stereocenters. The highest BCUT2D eigenvalue weighted by Crippen LogP contribution is 2.28. The zero-order valence-electron chi connectivity index (χ0n) is 9.72. The van der Waals surface area contributed by atoms with Crippen LogP contribution in [0.1, 0.15) is 30.1 Å². The van der Waals surface area contributed by atoms with Crippen LogP contribution in [0.15, 0.2) is 23.1 Å². The van der Waals surface area contributed by atoms with Gasteiger partial charge in [0.2, 0.25) is 0 Å². The van der Waals surface area contributed by atoms with Crippen LogP contribution < -0.4 is 4.74 Å². The molecule has 1 rings (SSSR count). The molecule has 0 saturated carbocycles. The Morgan fingerprint density at radius 3 is 2.61 bits per heavy atom. The van der Waals surface area contributed by atoms with Crippen molar-refractivity contribution in [2.24, 2.45) is 0 Å². The quantitative estimate of drug-likeness (QED) is 0.643. The molecule has 0 spiro atoms. The number of unbranched alkanes of at least 4 members (excludes halogenated alkanes) is 1. The lowest BCUT2D eigenvalue weighted by atomic mass is 10.2. The number of carbonyl (C=O) groups is 1. The average molecular weight is 293 g/mol. The van der Waals surface area contributed by atoms with E-state index in [1.54, 1.807) is 0 Å². The van der Waals surface area contributed by atoms with E-state index in [2.05, 4.69) is 0 Å². The summed E-state index contributed by atoms with van der Waals surface area (Å²) < 4.78 is 28.0. The minimum absolute atomic E-state index is 0.0726. The molecule has 0 amide bonds. The molecule has 1 aromatic carbocycles. The second-order valence-corrected chi connectivity index (χ2v) is 6.14. The summed E-state index contributed by atoms with van der Waals surface area (Å²) in [5.74, 6) is -1.15. The smallest absolute Gasteiger partial charge is 0.335 e. The van der Waals surface area contributed by atoms with E-state index in [9.17, 15) is 13.2 Å². The van der Waals surface area contributed by atoms with Crippen LogP contribution in [0, 0.1) is 0 Å². The van der Waals surface area contributed by atoms with Gasteiger partial charge in [-0.2, -0.15) is 0 Å². The molecule has 5 nitrogen and oxygen atoms in total. The summed E-state index contributed by atoms with van der Waals surface area (Å²) in [7, 11) is 1.21. The van der Waals surface area contributed by atoms with E-state index >= 15 is 0 Å². The topological polar surface area (TPSA) is 80.7 Å². The number of ether oxygens (including phenoxy) is 1. The molecule has 0 aliphatic rings. The Morgan fingerprint density at radius 1 is 1.44 bits per heavy atom. The minimum atomic E-state index is -4.04. The lowest BCUT2D eigenvalue weighted by Crippen LogP contribution is -2.04. The third-order valence-electron chi connectivity index (χ3n) is 2.21. The number of hydrogen-bond donors (Lipinski definition) is 1. The summed E-state index contributed by atoms with van der Waals surface area (Å²) in [4.78, 5) is 10.5. The van der Waals surface area contributed by atoms with Crippen molar-refractivity contribution in [3.8, 4) is 5.75 Å². The molecule has 7 heteroatoms. The first-order valence-corrected chi connectivity index (χ1v) is 7.62.